The van der Waals surface area contributed by atoms with Crippen LogP contribution in [0.3, 0.4) is 0 Å². The van der Waals surface area contributed by atoms with Crippen LogP contribution in [-0.4, -0.2) is 71.9 Å². The molecule has 2 rings (SSSR count). The van der Waals surface area contributed by atoms with Crippen molar-refractivity contribution >= 4 is 11.8 Å². The van der Waals surface area contributed by atoms with Gasteiger partial charge in [0.15, 0.2) is 0 Å². The van der Waals surface area contributed by atoms with Gasteiger partial charge in [0.1, 0.15) is 0 Å². The van der Waals surface area contributed by atoms with E-state index in [1.165, 1.54) is 0 Å². The SMILES string of the molecule is CN(C)CCN1C[C@@H](C(=O)NCCc2cnccn2)CC1=O. The molecular formula is C15H23N5O2. The summed E-state index contributed by atoms with van der Waals surface area (Å²) in [6.07, 6.45) is 5.90. The van der Waals surface area contributed by atoms with E-state index in [0.29, 0.717) is 32.5 Å². The number of likely N-dealkylation sites (N-methyl/N-ethyl adjacent to an activating group) is 1. The number of aromatic nitrogens is 2. The molecule has 0 unspecified atom stereocenters. The average molecular weight is 305 g/mol. The van der Waals surface area contributed by atoms with Crippen molar-refractivity contribution < 1.29 is 9.59 Å². The molecule has 1 aromatic rings. The topological polar surface area (TPSA) is 78.4 Å². The first-order chi connectivity index (χ1) is 10.6. The predicted octanol–water partition coefficient (Wildman–Crippen LogP) is -0.455. The lowest BCUT2D eigenvalue weighted by atomic mass is 10.1. The molecule has 0 aromatic carbocycles. The second kappa shape index (κ2) is 7.84. The minimum atomic E-state index is -0.239. The Labute approximate surface area is 130 Å². The molecule has 2 heterocycles. The maximum atomic E-state index is 12.1. The molecule has 7 heteroatoms. The number of hydrogen-bond acceptors (Lipinski definition) is 5. The molecule has 2 amide bonds. The summed E-state index contributed by atoms with van der Waals surface area (Å²) in [5.41, 5.74) is 0.845. The largest absolute Gasteiger partial charge is 0.355 e. The lowest BCUT2D eigenvalue weighted by molar-refractivity contribution is -0.129. The zero-order valence-electron chi connectivity index (χ0n) is 13.2. The van der Waals surface area contributed by atoms with Gasteiger partial charge >= 0.3 is 0 Å². The van der Waals surface area contributed by atoms with Gasteiger partial charge in [-0.25, -0.2) is 0 Å². The Morgan fingerprint density at radius 1 is 1.45 bits per heavy atom. The molecule has 22 heavy (non-hydrogen) atoms. The summed E-state index contributed by atoms with van der Waals surface area (Å²) in [6.45, 7) is 2.52. The van der Waals surface area contributed by atoms with Crippen molar-refractivity contribution in [3.05, 3.63) is 24.3 Å². The van der Waals surface area contributed by atoms with E-state index in [2.05, 4.69) is 15.3 Å². The van der Waals surface area contributed by atoms with E-state index in [1.54, 1.807) is 23.5 Å². The van der Waals surface area contributed by atoms with Gasteiger partial charge in [0.05, 0.1) is 11.6 Å². The molecule has 120 valence electrons. The summed E-state index contributed by atoms with van der Waals surface area (Å²) >= 11 is 0. The molecule has 1 atom stereocenters. The highest BCUT2D eigenvalue weighted by Gasteiger charge is 2.33. The minimum Gasteiger partial charge on any atom is -0.355 e. The number of nitrogens with one attached hydrogen (secondary N) is 1. The van der Waals surface area contributed by atoms with Gasteiger partial charge in [-0.15, -0.1) is 0 Å². The van der Waals surface area contributed by atoms with Crippen molar-refractivity contribution in [2.24, 2.45) is 5.92 Å². The lowest BCUT2D eigenvalue weighted by Gasteiger charge is -2.19. The highest BCUT2D eigenvalue weighted by Crippen LogP contribution is 2.17. The van der Waals surface area contributed by atoms with Gasteiger partial charge in [0.25, 0.3) is 0 Å². The normalized spacial score (nSPS) is 18.0. The maximum absolute atomic E-state index is 12.1. The van der Waals surface area contributed by atoms with Crippen molar-refractivity contribution in [3.8, 4) is 0 Å². The van der Waals surface area contributed by atoms with Crippen LogP contribution in [0.1, 0.15) is 12.1 Å². The summed E-state index contributed by atoms with van der Waals surface area (Å²) in [4.78, 5) is 36.0. The monoisotopic (exact) mass is 305 g/mol. The Bertz CT molecular complexity index is 506. The smallest absolute Gasteiger partial charge is 0.225 e. The summed E-state index contributed by atoms with van der Waals surface area (Å²) in [5, 5.41) is 2.88. The second-order valence-electron chi connectivity index (χ2n) is 5.78. The number of rotatable bonds is 7. The molecule has 1 aliphatic rings. The Morgan fingerprint density at radius 3 is 2.95 bits per heavy atom. The van der Waals surface area contributed by atoms with Gasteiger partial charge in [-0.1, -0.05) is 0 Å². The van der Waals surface area contributed by atoms with Gasteiger partial charge in [0, 0.05) is 57.6 Å². The summed E-state index contributed by atoms with van der Waals surface area (Å²) in [6, 6.07) is 0. The molecule has 0 saturated carbocycles. The van der Waals surface area contributed by atoms with Gasteiger partial charge in [-0.3, -0.25) is 19.6 Å². The Morgan fingerprint density at radius 2 is 2.27 bits per heavy atom. The van der Waals surface area contributed by atoms with Crippen LogP contribution in [0.15, 0.2) is 18.6 Å². The number of carbonyl (C=O) groups excluding carboxylic acids is 2. The van der Waals surface area contributed by atoms with Crippen molar-refractivity contribution in [2.45, 2.75) is 12.8 Å². The number of carbonyl (C=O) groups is 2. The van der Waals surface area contributed by atoms with Crippen LogP contribution >= 0.6 is 0 Å². The van der Waals surface area contributed by atoms with Gasteiger partial charge in [-0.2, -0.15) is 0 Å². The highest BCUT2D eigenvalue weighted by atomic mass is 16.2. The molecule has 1 N–H and O–H groups in total. The van der Waals surface area contributed by atoms with Crippen LogP contribution < -0.4 is 5.32 Å². The van der Waals surface area contributed by atoms with E-state index >= 15 is 0 Å². The Hall–Kier alpha value is -2.02. The average Bonchev–Trinajstić information content (AvgIpc) is 2.87. The van der Waals surface area contributed by atoms with Crippen LogP contribution in [0.25, 0.3) is 0 Å². The number of nitrogens with zero attached hydrogens (tertiary/aromatic N) is 4. The molecule has 1 fully saturated rings. The zero-order valence-corrected chi connectivity index (χ0v) is 13.2. The Kier molecular flexibility index (Phi) is 5.83. The maximum Gasteiger partial charge on any atom is 0.225 e. The first-order valence-corrected chi connectivity index (χ1v) is 7.51. The fourth-order valence-electron chi connectivity index (χ4n) is 2.40. The van der Waals surface area contributed by atoms with E-state index in [1.807, 2.05) is 19.0 Å². The Balaban J connectivity index is 1.73. The van der Waals surface area contributed by atoms with E-state index in [-0.39, 0.29) is 17.7 Å². The first kappa shape index (κ1) is 16.4. The van der Waals surface area contributed by atoms with E-state index < -0.39 is 0 Å². The predicted molar refractivity (Wildman–Crippen MR) is 82.0 cm³/mol. The van der Waals surface area contributed by atoms with Crippen LogP contribution in [0.2, 0.25) is 0 Å². The molecule has 0 aliphatic carbocycles. The summed E-state index contributed by atoms with van der Waals surface area (Å²) in [7, 11) is 3.94. The summed E-state index contributed by atoms with van der Waals surface area (Å²) in [5.74, 6) is -0.225. The minimum absolute atomic E-state index is 0.0513. The zero-order chi connectivity index (χ0) is 15.9. The van der Waals surface area contributed by atoms with Crippen LogP contribution in [-0.2, 0) is 16.0 Å². The molecule has 1 aromatic heterocycles. The molecule has 1 saturated heterocycles. The third kappa shape index (κ3) is 4.77. The third-order valence-electron chi connectivity index (χ3n) is 3.70. The quantitative estimate of drug-likeness (QED) is 0.738. The van der Waals surface area contributed by atoms with Crippen LogP contribution in [0, 0.1) is 5.92 Å². The lowest BCUT2D eigenvalue weighted by Crippen LogP contribution is -2.36. The fourth-order valence-corrected chi connectivity index (χ4v) is 2.40. The van der Waals surface area contributed by atoms with Crippen molar-refractivity contribution in [3.63, 3.8) is 0 Å². The first-order valence-electron chi connectivity index (χ1n) is 7.51. The fraction of sp³-hybridized carbons (Fsp3) is 0.600. The number of hydrogen-bond donors (Lipinski definition) is 1. The van der Waals surface area contributed by atoms with Crippen molar-refractivity contribution in [1.29, 1.82) is 0 Å². The highest BCUT2D eigenvalue weighted by molar-refractivity contribution is 5.89. The van der Waals surface area contributed by atoms with Crippen LogP contribution in [0.5, 0.6) is 0 Å². The molecule has 7 nitrogen and oxygen atoms in total. The van der Waals surface area contributed by atoms with Crippen molar-refractivity contribution in [2.75, 3.05) is 40.3 Å². The van der Waals surface area contributed by atoms with Crippen molar-refractivity contribution in [1.82, 2.24) is 25.1 Å². The van der Waals surface area contributed by atoms with E-state index in [4.69, 9.17) is 0 Å². The van der Waals surface area contributed by atoms with Gasteiger partial charge in [0.2, 0.25) is 11.8 Å². The van der Waals surface area contributed by atoms with Crippen LogP contribution in [0.4, 0.5) is 0 Å². The van der Waals surface area contributed by atoms with E-state index in [0.717, 1.165) is 12.2 Å². The third-order valence-corrected chi connectivity index (χ3v) is 3.70. The van der Waals surface area contributed by atoms with E-state index in [9.17, 15) is 9.59 Å². The number of likely N-dealkylation sites (tertiary alicyclic amines) is 1. The molecule has 0 spiro atoms. The molecule has 1 aliphatic heterocycles. The summed E-state index contributed by atoms with van der Waals surface area (Å²) < 4.78 is 0. The molecule has 0 bridgehead atoms. The molecular weight excluding hydrogens is 282 g/mol. The molecule has 0 radical (unpaired) electrons. The second-order valence-corrected chi connectivity index (χ2v) is 5.78. The van der Waals surface area contributed by atoms with Gasteiger partial charge < -0.3 is 15.1 Å². The standard InChI is InChI=1S/C15H23N5O2/c1-19(2)7-8-20-11-12(9-14(20)21)15(22)18-4-3-13-10-16-5-6-17-13/h5-6,10,12H,3-4,7-9,11H2,1-2H3,(H,18,22)/t12-/m0/s1. The van der Waals surface area contributed by atoms with Gasteiger partial charge in [-0.05, 0) is 14.1 Å². The number of amides is 2.